The molecule has 1 aromatic heterocycles. The van der Waals surface area contributed by atoms with Crippen LogP contribution in [0.5, 0.6) is 0 Å². The normalized spacial score (nSPS) is 10.6. The number of hydrogen-bond donors (Lipinski definition) is 1. The summed E-state index contributed by atoms with van der Waals surface area (Å²) in [7, 11) is 0. The first-order valence-corrected chi connectivity index (χ1v) is 10.5. The highest BCUT2D eigenvalue weighted by Gasteiger charge is 2.10. The van der Waals surface area contributed by atoms with Crippen LogP contribution in [0.25, 0.3) is 21.8 Å². The minimum Gasteiger partial charge on any atom is -0.322 e. The lowest BCUT2D eigenvalue weighted by Crippen LogP contribution is -2.11. The van der Waals surface area contributed by atoms with Gasteiger partial charge in [-0.1, -0.05) is 57.9 Å². The lowest BCUT2D eigenvalue weighted by molar-refractivity contribution is 0.102. The summed E-state index contributed by atoms with van der Waals surface area (Å²) in [5, 5.41) is 6.58. The molecule has 0 radical (unpaired) electrons. The zero-order chi connectivity index (χ0) is 19.5. The van der Waals surface area contributed by atoms with E-state index in [1.807, 2.05) is 66.0 Å². The molecule has 28 heavy (non-hydrogen) atoms. The summed E-state index contributed by atoms with van der Waals surface area (Å²) in [5.41, 5.74) is 4.17. The van der Waals surface area contributed by atoms with Crippen LogP contribution in [0, 0.1) is 0 Å². The summed E-state index contributed by atoms with van der Waals surface area (Å²) in [5.74, 6) is -0.154. The van der Waals surface area contributed by atoms with Crippen molar-refractivity contribution >= 4 is 50.5 Å². The molecule has 4 rings (SSSR count). The van der Waals surface area contributed by atoms with E-state index in [0.29, 0.717) is 10.6 Å². The third-order valence-electron chi connectivity index (χ3n) is 4.10. The molecule has 0 aliphatic carbocycles. The monoisotopic (exact) mass is 468 g/mol. The summed E-state index contributed by atoms with van der Waals surface area (Å²) in [6, 6.07) is 22.6. The highest BCUT2D eigenvalue weighted by molar-refractivity contribution is 9.10. The highest BCUT2D eigenvalue weighted by atomic mass is 79.9. The second kappa shape index (κ2) is 8.27. The predicted octanol–water partition coefficient (Wildman–Crippen LogP) is 7.15. The molecule has 0 bridgehead atoms. The fraction of sp³-hybridized carbons (Fsp3) is 0. The number of amides is 1. The topological polar surface area (TPSA) is 42.0 Å². The molecule has 1 amide bonds. The zero-order valence-electron chi connectivity index (χ0n) is 14.5. The SMILES string of the molecule is O=C(Nc1cccc(-c2csc(-c3ccc(Cl)cc3)n2)c1)c1cccc(Br)c1. The standard InChI is InChI=1S/C22H14BrClN2OS/c23-17-5-1-4-16(11-17)21(27)25-19-6-2-3-15(12-19)20-13-28-22(26-20)14-7-9-18(24)10-8-14/h1-13H,(H,25,27). The van der Waals surface area contributed by atoms with Gasteiger partial charge in [-0.25, -0.2) is 4.98 Å². The molecule has 138 valence electrons. The van der Waals surface area contributed by atoms with E-state index in [-0.39, 0.29) is 5.91 Å². The largest absolute Gasteiger partial charge is 0.322 e. The van der Waals surface area contributed by atoms with E-state index >= 15 is 0 Å². The van der Waals surface area contributed by atoms with Crippen LogP contribution in [0.1, 0.15) is 10.4 Å². The van der Waals surface area contributed by atoms with Crippen molar-refractivity contribution < 1.29 is 4.79 Å². The number of halogens is 2. The third-order valence-corrected chi connectivity index (χ3v) is 5.73. The second-order valence-corrected chi connectivity index (χ2v) is 8.30. The molecule has 0 saturated heterocycles. The summed E-state index contributed by atoms with van der Waals surface area (Å²) < 4.78 is 0.867. The number of rotatable bonds is 4. The van der Waals surface area contributed by atoms with Crippen molar-refractivity contribution in [1.29, 1.82) is 0 Å². The fourth-order valence-electron chi connectivity index (χ4n) is 2.72. The van der Waals surface area contributed by atoms with Crippen molar-refractivity contribution in [2.75, 3.05) is 5.32 Å². The maximum atomic E-state index is 12.5. The van der Waals surface area contributed by atoms with Gasteiger partial charge in [0.2, 0.25) is 0 Å². The van der Waals surface area contributed by atoms with Crippen LogP contribution in [0.2, 0.25) is 5.02 Å². The van der Waals surface area contributed by atoms with E-state index in [9.17, 15) is 4.79 Å². The number of carbonyl (C=O) groups excluding carboxylic acids is 1. The molecular formula is C22H14BrClN2OS. The molecule has 6 heteroatoms. The maximum absolute atomic E-state index is 12.5. The molecule has 3 aromatic carbocycles. The van der Waals surface area contributed by atoms with Crippen molar-refractivity contribution in [3.05, 3.63) is 93.2 Å². The van der Waals surface area contributed by atoms with Gasteiger partial charge in [0.05, 0.1) is 5.69 Å². The zero-order valence-corrected chi connectivity index (χ0v) is 17.7. The van der Waals surface area contributed by atoms with Crippen LogP contribution in [0.3, 0.4) is 0 Å². The van der Waals surface area contributed by atoms with Crippen LogP contribution < -0.4 is 5.32 Å². The average Bonchev–Trinajstić information content (AvgIpc) is 3.19. The predicted molar refractivity (Wildman–Crippen MR) is 120 cm³/mol. The molecule has 3 nitrogen and oxygen atoms in total. The number of nitrogens with zero attached hydrogens (tertiary/aromatic N) is 1. The molecule has 0 aliphatic heterocycles. The van der Waals surface area contributed by atoms with Crippen molar-refractivity contribution in [1.82, 2.24) is 4.98 Å². The third kappa shape index (κ3) is 4.33. The molecule has 0 saturated carbocycles. The maximum Gasteiger partial charge on any atom is 0.255 e. The van der Waals surface area contributed by atoms with Gasteiger partial charge in [-0.2, -0.15) is 0 Å². The van der Waals surface area contributed by atoms with Crippen molar-refractivity contribution in [2.45, 2.75) is 0 Å². The van der Waals surface area contributed by atoms with Crippen LogP contribution in [-0.2, 0) is 0 Å². The minimum absolute atomic E-state index is 0.154. The Morgan fingerprint density at radius 3 is 2.54 bits per heavy atom. The molecular weight excluding hydrogens is 456 g/mol. The number of nitrogens with one attached hydrogen (secondary N) is 1. The lowest BCUT2D eigenvalue weighted by atomic mass is 10.1. The Balaban J connectivity index is 1.56. The smallest absolute Gasteiger partial charge is 0.255 e. The first-order chi connectivity index (χ1) is 13.6. The molecule has 1 N–H and O–H groups in total. The van der Waals surface area contributed by atoms with E-state index in [2.05, 4.69) is 21.2 Å². The van der Waals surface area contributed by atoms with Gasteiger partial charge in [0.25, 0.3) is 5.91 Å². The first kappa shape index (κ1) is 18.9. The Labute approximate surface area is 180 Å². The molecule has 1 heterocycles. The van der Waals surface area contributed by atoms with Gasteiger partial charge < -0.3 is 5.32 Å². The van der Waals surface area contributed by atoms with Gasteiger partial charge in [-0.3, -0.25) is 4.79 Å². The number of hydrogen-bond acceptors (Lipinski definition) is 3. The average molecular weight is 470 g/mol. The summed E-state index contributed by atoms with van der Waals surface area (Å²) >= 11 is 10.9. The van der Waals surface area contributed by atoms with Gasteiger partial charge in [0.1, 0.15) is 5.01 Å². The fourth-order valence-corrected chi connectivity index (χ4v) is 4.08. The van der Waals surface area contributed by atoms with Crippen molar-refractivity contribution in [2.24, 2.45) is 0 Å². The quantitative estimate of drug-likeness (QED) is 0.345. The Kier molecular flexibility index (Phi) is 5.57. The molecule has 4 aromatic rings. The Hall–Kier alpha value is -2.47. The van der Waals surface area contributed by atoms with E-state index in [0.717, 1.165) is 32.0 Å². The Morgan fingerprint density at radius 1 is 0.964 bits per heavy atom. The lowest BCUT2D eigenvalue weighted by Gasteiger charge is -2.07. The van der Waals surface area contributed by atoms with Gasteiger partial charge in [0.15, 0.2) is 0 Å². The number of carbonyl (C=O) groups is 1. The van der Waals surface area contributed by atoms with E-state index < -0.39 is 0 Å². The first-order valence-electron chi connectivity index (χ1n) is 8.47. The molecule has 0 fully saturated rings. The van der Waals surface area contributed by atoms with Gasteiger partial charge in [-0.15, -0.1) is 11.3 Å². The van der Waals surface area contributed by atoms with Crippen LogP contribution in [0.4, 0.5) is 5.69 Å². The molecule has 0 unspecified atom stereocenters. The number of aromatic nitrogens is 1. The van der Waals surface area contributed by atoms with Gasteiger partial charge in [0, 0.05) is 37.3 Å². The van der Waals surface area contributed by atoms with Gasteiger partial charge in [-0.05, 0) is 42.5 Å². The number of thiazole rings is 1. The number of benzene rings is 3. The minimum atomic E-state index is -0.154. The summed E-state index contributed by atoms with van der Waals surface area (Å²) in [6.45, 7) is 0. The molecule has 0 atom stereocenters. The van der Waals surface area contributed by atoms with Gasteiger partial charge >= 0.3 is 0 Å². The molecule has 0 spiro atoms. The second-order valence-electron chi connectivity index (χ2n) is 6.09. The van der Waals surface area contributed by atoms with Crippen molar-refractivity contribution in [3.8, 4) is 21.8 Å². The highest BCUT2D eigenvalue weighted by Crippen LogP contribution is 2.30. The van der Waals surface area contributed by atoms with Crippen LogP contribution in [0.15, 0.2) is 82.6 Å². The Bertz CT molecular complexity index is 1140. The molecule has 0 aliphatic rings. The Morgan fingerprint density at radius 2 is 1.75 bits per heavy atom. The van der Waals surface area contributed by atoms with Crippen molar-refractivity contribution in [3.63, 3.8) is 0 Å². The van der Waals surface area contributed by atoms with E-state index in [1.165, 1.54) is 0 Å². The summed E-state index contributed by atoms with van der Waals surface area (Å²) in [6.07, 6.45) is 0. The number of anilines is 1. The van der Waals surface area contributed by atoms with E-state index in [1.54, 1.807) is 23.5 Å². The summed E-state index contributed by atoms with van der Waals surface area (Å²) in [4.78, 5) is 17.2. The van der Waals surface area contributed by atoms with E-state index in [4.69, 9.17) is 16.6 Å². The van der Waals surface area contributed by atoms with Crippen LogP contribution in [-0.4, -0.2) is 10.9 Å². The van der Waals surface area contributed by atoms with Crippen LogP contribution >= 0.6 is 38.9 Å².